The second-order valence-corrected chi connectivity index (χ2v) is 7.77. The number of rotatable bonds is 6. The molecule has 2 aromatic rings. The molecule has 1 aromatic carbocycles. The Morgan fingerprint density at radius 2 is 2.17 bits per heavy atom. The Labute approximate surface area is 144 Å². The van der Waals surface area contributed by atoms with Crippen molar-refractivity contribution in [3.63, 3.8) is 0 Å². The molecule has 0 unspecified atom stereocenters. The number of carbonyl (C=O) groups is 1. The first-order valence-electron chi connectivity index (χ1n) is 8.35. The summed E-state index contributed by atoms with van der Waals surface area (Å²) in [6, 6.07) is 7.40. The molecule has 1 aromatic heterocycles. The average molecular weight is 345 g/mol. The van der Waals surface area contributed by atoms with Crippen molar-refractivity contribution in [3.05, 3.63) is 50.7 Å². The molecule has 0 saturated heterocycles. The monoisotopic (exact) mass is 345 g/mol. The number of fused-ring (bicyclic) bond motifs is 3. The van der Waals surface area contributed by atoms with Crippen LogP contribution in [-0.2, 0) is 13.0 Å². The van der Waals surface area contributed by atoms with Crippen molar-refractivity contribution in [3.8, 4) is 5.75 Å². The number of nitrogens with one attached hydrogen (secondary N) is 1. The van der Waals surface area contributed by atoms with Crippen molar-refractivity contribution in [2.45, 2.75) is 32.2 Å². The van der Waals surface area contributed by atoms with E-state index < -0.39 is 6.67 Å². The van der Waals surface area contributed by atoms with Gasteiger partial charge in [0.25, 0.3) is 5.91 Å². The molecule has 1 heterocycles. The fourth-order valence-corrected chi connectivity index (χ4v) is 4.86. The lowest BCUT2D eigenvalue weighted by Crippen LogP contribution is -2.22. The maximum atomic E-state index is 12.6. The van der Waals surface area contributed by atoms with Crippen molar-refractivity contribution >= 4 is 17.2 Å². The van der Waals surface area contributed by atoms with Gasteiger partial charge < -0.3 is 10.1 Å². The predicted molar refractivity (Wildman–Crippen MR) is 92.7 cm³/mol. The van der Waals surface area contributed by atoms with Crippen molar-refractivity contribution in [1.82, 2.24) is 5.32 Å². The van der Waals surface area contributed by atoms with Gasteiger partial charge in [0.05, 0.1) is 4.88 Å². The van der Waals surface area contributed by atoms with Gasteiger partial charge in [-0.25, -0.2) is 4.39 Å². The molecule has 1 N–H and O–H groups in total. The van der Waals surface area contributed by atoms with E-state index in [0.717, 1.165) is 28.7 Å². The van der Waals surface area contributed by atoms with Crippen LogP contribution in [0.2, 0.25) is 0 Å². The summed E-state index contributed by atoms with van der Waals surface area (Å²) in [6.45, 7) is 2.20. The van der Waals surface area contributed by atoms with Crippen LogP contribution < -0.4 is 10.1 Å². The first-order chi connectivity index (χ1) is 11.7. The van der Waals surface area contributed by atoms with Crippen molar-refractivity contribution in [2.24, 2.45) is 5.92 Å². The number of aryl methyl sites for hydroxylation is 1. The van der Waals surface area contributed by atoms with Gasteiger partial charge in [0, 0.05) is 11.4 Å². The third-order valence-corrected chi connectivity index (χ3v) is 6.08. The molecule has 5 heteroatoms. The Morgan fingerprint density at radius 1 is 1.38 bits per heavy atom. The Morgan fingerprint density at radius 3 is 2.92 bits per heavy atom. The molecule has 2 atom stereocenters. The molecule has 126 valence electrons. The van der Waals surface area contributed by atoms with E-state index in [9.17, 15) is 9.18 Å². The van der Waals surface area contributed by atoms with Crippen molar-refractivity contribution in [2.75, 3.05) is 13.3 Å². The first-order valence-corrected chi connectivity index (χ1v) is 9.17. The summed E-state index contributed by atoms with van der Waals surface area (Å²) in [5.74, 6) is 2.21. The average Bonchev–Trinajstić information content (AvgIpc) is 3.12. The number of alkyl halides is 1. The van der Waals surface area contributed by atoms with E-state index in [-0.39, 0.29) is 12.5 Å². The maximum Gasteiger partial charge on any atom is 0.261 e. The zero-order valence-electron chi connectivity index (χ0n) is 13.6. The number of hydrogen-bond acceptors (Lipinski definition) is 3. The van der Waals surface area contributed by atoms with E-state index in [0.29, 0.717) is 12.3 Å². The van der Waals surface area contributed by atoms with E-state index in [2.05, 4.69) is 12.2 Å². The smallest absolute Gasteiger partial charge is 0.261 e. The summed E-state index contributed by atoms with van der Waals surface area (Å²) < 4.78 is 17.3. The lowest BCUT2D eigenvalue weighted by molar-refractivity contribution is 0.0954. The summed E-state index contributed by atoms with van der Waals surface area (Å²) in [6.07, 6.45) is 2.39. The minimum absolute atomic E-state index is 0.0309. The highest BCUT2D eigenvalue weighted by Crippen LogP contribution is 2.59. The van der Waals surface area contributed by atoms with Gasteiger partial charge in [-0.2, -0.15) is 0 Å². The van der Waals surface area contributed by atoms with E-state index >= 15 is 0 Å². The molecular weight excluding hydrogens is 325 g/mol. The third-order valence-electron chi connectivity index (χ3n) is 4.92. The van der Waals surface area contributed by atoms with Gasteiger partial charge in [-0.05, 0) is 60.4 Å². The molecule has 2 aliphatic rings. The molecule has 1 amide bonds. The molecule has 0 spiro atoms. The summed E-state index contributed by atoms with van der Waals surface area (Å²) in [4.78, 5) is 14.8. The number of amides is 1. The van der Waals surface area contributed by atoms with Crippen LogP contribution in [-0.4, -0.2) is 19.2 Å². The van der Waals surface area contributed by atoms with Crippen LogP contribution in [0.4, 0.5) is 4.39 Å². The highest BCUT2D eigenvalue weighted by molar-refractivity contribution is 7.14. The molecule has 1 fully saturated rings. The van der Waals surface area contributed by atoms with E-state index in [4.69, 9.17) is 4.74 Å². The van der Waals surface area contributed by atoms with E-state index in [1.54, 1.807) is 23.5 Å². The summed E-state index contributed by atoms with van der Waals surface area (Å²) in [7, 11) is 0. The summed E-state index contributed by atoms with van der Waals surface area (Å²) in [5.41, 5.74) is 3.76. The fraction of sp³-hybridized carbons (Fsp3) is 0.421. The lowest BCUT2D eigenvalue weighted by atomic mass is 10.1. The van der Waals surface area contributed by atoms with Crippen molar-refractivity contribution in [1.29, 1.82) is 0 Å². The Balaban J connectivity index is 1.39. The van der Waals surface area contributed by atoms with E-state index in [1.165, 1.54) is 22.4 Å². The van der Waals surface area contributed by atoms with Gasteiger partial charge in [-0.15, -0.1) is 11.3 Å². The van der Waals surface area contributed by atoms with Crippen LogP contribution >= 0.6 is 11.3 Å². The molecule has 3 nitrogen and oxygen atoms in total. The maximum absolute atomic E-state index is 12.6. The highest BCUT2D eigenvalue weighted by atomic mass is 32.1. The van der Waals surface area contributed by atoms with Crippen LogP contribution in [0.1, 0.15) is 43.6 Å². The number of benzene rings is 1. The molecule has 4 rings (SSSR count). The normalized spacial score (nSPS) is 20.4. The quantitative estimate of drug-likeness (QED) is 0.859. The second-order valence-electron chi connectivity index (χ2n) is 6.55. The lowest BCUT2D eigenvalue weighted by Gasteiger charge is -2.07. The number of carbonyl (C=O) groups excluding carboxylic acids is 1. The third kappa shape index (κ3) is 2.81. The standard InChI is InChI=1S/C19H20FNO2S/c1-11-17-15-8-13(15)9-16(17)18(24-11)19(22)21-10-12-2-4-14(5-3-12)23-7-6-20/h2-5,13,15H,6-10H2,1H3,(H,21,22)/t13-,15-/m1/s1. The van der Waals surface area contributed by atoms with Gasteiger partial charge in [-0.1, -0.05) is 12.1 Å². The Hall–Kier alpha value is -1.88. The molecular formula is C19H20FNO2S. The van der Waals surface area contributed by atoms with Gasteiger partial charge in [0.1, 0.15) is 19.0 Å². The SMILES string of the molecule is Cc1sc(C(=O)NCc2ccc(OCCF)cc2)c2c1[C@@H]1C[C@@H]1C2. The number of hydrogen-bond donors (Lipinski definition) is 1. The number of thiophene rings is 1. The largest absolute Gasteiger partial charge is 0.491 e. The molecule has 0 bridgehead atoms. The van der Waals surface area contributed by atoms with Crippen LogP contribution in [0, 0.1) is 12.8 Å². The minimum Gasteiger partial charge on any atom is -0.491 e. The van der Waals surface area contributed by atoms with Gasteiger partial charge in [-0.3, -0.25) is 4.79 Å². The van der Waals surface area contributed by atoms with Gasteiger partial charge in [0.15, 0.2) is 0 Å². The summed E-state index contributed by atoms with van der Waals surface area (Å²) >= 11 is 1.63. The second kappa shape index (κ2) is 6.20. The topological polar surface area (TPSA) is 38.3 Å². The van der Waals surface area contributed by atoms with E-state index in [1.807, 2.05) is 12.1 Å². The highest BCUT2D eigenvalue weighted by Gasteiger charge is 2.48. The van der Waals surface area contributed by atoms with Crippen molar-refractivity contribution < 1.29 is 13.9 Å². The van der Waals surface area contributed by atoms with Gasteiger partial charge >= 0.3 is 0 Å². The molecule has 24 heavy (non-hydrogen) atoms. The first kappa shape index (κ1) is 15.6. The van der Waals surface area contributed by atoms with Crippen LogP contribution in [0.15, 0.2) is 24.3 Å². The molecule has 0 aliphatic heterocycles. The summed E-state index contributed by atoms with van der Waals surface area (Å²) in [5, 5.41) is 3.02. The van der Waals surface area contributed by atoms with Crippen LogP contribution in [0.3, 0.4) is 0 Å². The zero-order chi connectivity index (χ0) is 16.7. The number of halogens is 1. The minimum atomic E-state index is -0.496. The van der Waals surface area contributed by atoms with Crippen LogP contribution in [0.25, 0.3) is 0 Å². The molecule has 2 aliphatic carbocycles. The molecule has 0 radical (unpaired) electrons. The zero-order valence-corrected chi connectivity index (χ0v) is 14.4. The Kier molecular flexibility index (Phi) is 4.04. The fourth-order valence-electron chi connectivity index (χ4n) is 3.69. The molecule has 1 saturated carbocycles. The number of ether oxygens (including phenoxy) is 1. The van der Waals surface area contributed by atoms with Crippen LogP contribution in [0.5, 0.6) is 5.75 Å². The Bertz CT molecular complexity index is 768. The predicted octanol–water partition coefficient (Wildman–Crippen LogP) is 3.99. The van der Waals surface area contributed by atoms with Gasteiger partial charge in [0.2, 0.25) is 0 Å².